The maximum atomic E-state index is 13.2. The highest BCUT2D eigenvalue weighted by Crippen LogP contribution is 2.38. The molecule has 10 heteroatoms. The van der Waals surface area contributed by atoms with Gasteiger partial charge >= 0.3 is 6.18 Å². The van der Waals surface area contributed by atoms with Crippen LogP contribution in [0.5, 0.6) is 0 Å². The first-order valence-electron chi connectivity index (χ1n) is 7.64. The number of hydrogen-bond acceptors (Lipinski definition) is 5. The van der Waals surface area contributed by atoms with Crippen LogP contribution in [0.3, 0.4) is 0 Å². The zero-order chi connectivity index (χ0) is 19.2. The van der Waals surface area contributed by atoms with Crippen LogP contribution in [-0.4, -0.2) is 24.6 Å². The Hall–Kier alpha value is -3.20. The minimum atomic E-state index is -4.66. The van der Waals surface area contributed by atoms with Crippen LogP contribution < -0.4 is 5.73 Å². The van der Waals surface area contributed by atoms with Gasteiger partial charge in [-0.05, 0) is 17.7 Å². The predicted molar refractivity (Wildman–Crippen MR) is 93.9 cm³/mol. The van der Waals surface area contributed by atoms with Crippen molar-refractivity contribution in [1.82, 2.24) is 24.6 Å². The molecule has 0 aliphatic rings. The summed E-state index contributed by atoms with van der Waals surface area (Å²) in [5.41, 5.74) is 6.62. The van der Waals surface area contributed by atoms with Crippen LogP contribution in [-0.2, 0) is 6.18 Å². The Morgan fingerprint density at radius 2 is 1.74 bits per heavy atom. The maximum Gasteiger partial charge on any atom is 0.433 e. The predicted octanol–water partition coefficient (Wildman–Crippen LogP) is 4.11. The van der Waals surface area contributed by atoms with Crippen molar-refractivity contribution in [3.8, 4) is 22.4 Å². The van der Waals surface area contributed by atoms with Crippen LogP contribution in [0.15, 0.2) is 48.8 Å². The van der Waals surface area contributed by atoms with Crippen LogP contribution in [0.1, 0.15) is 5.69 Å². The van der Waals surface area contributed by atoms with E-state index in [-0.39, 0.29) is 22.3 Å². The van der Waals surface area contributed by atoms with E-state index in [4.69, 9.17) is 17.3 Å². The van der Waals surface area contributed by atoms with E-state index in [1.807, 2.05) is 6.07 Å². The summed E-state index contributed by atoms with van der Waals surface area (Å²) in [4.78, 5) is 7.73. The van der Waals surface area contributed by atoms with Crippen molar-refractivity contribution in [3.05, 3.63) is 59.6 Å². The maximum absolute atomic E-state index is 13.2. The first-order valence-corrected chi connectivity index (χ1v) is 8.02. The van der Waals surface area contributed by atoms with Gasteiger partial charge in [0.25, 0.3) is 0 Å². The Morgan fingerprint density at radius 1 is 1.00 bits per heavy atom. The Morgan fingerprint density at radius 3 is 2.44 bits per heavy atom. The van der Waals surface area contributed by atoms with Crippen molar-refractivity contribution in [2.75, 3.05) is 5.73 Å². The van der Waals surface area contributed by atoms with Gasteiger partial charge in [0, 0.05) is 5.56 Å². The summed E-state index contributed by atoms with van der Waals surface area (Å²) in [5.74, 6) is 0.105. The molecule has 0 aliphatic heterocycles. The number of rotatable bonds is 2. The first-order chi connectivity index (χ1) is 12.8. The van der Waals surface area contributed by atoms with Gasteiger partial charge in [-0.3, -0.25) is 4.40 Å². The zero-order valence-corrected chi connectivity index (χ0v) is 14.2. The van der Waals surface area contributed by atoms with Crippen molar-refractivity contribution in [2.24, 2.45) is 0 Å². The molecule has 0 fully saturated rings. The third kappa shape index (κ3) is 3.06. The van der Waals surface area contributed by atoms with Gasteiger partial charge in [0.15, 0.2) is 5.65 Å². The van der Waals surface area contributed by atoms with E-state index in [1.165, 1.54) is 16.8 Å². The number of hydrogen-bond donors (Lipinski definition) is 1. The molecule has 0 amide bonds. The minimum Gasteiger partial charge on any atom is -0.369 e. The van der Waals surface area contributed by atoms with Crippen LogP contribution in [0, 0.1) is 0 Å². The lowest BCUT2D eigenvalue weighted by Gasteiger charge is -2.14. The van der Waals surface area contributed by atoms with Gasteiger partial charge in [-0.15, -0.1) is 10.2 Å². The molecule has 0 bridgehead atoms. The SMILES string of the molecule is Nc1nc(-c2ccccc2)c(-c2cc(Cl)nc(C(F)(F)F)c2)c2nncn12. The van der Waals surface area contributed by atoms with E-state index < -0.39 is 11.9 Å². The summed E-state index contributed by atoms with van der Waals surface area (Å²) < 4.78 is 41.0. The van der Waals surface area contributed by atoms with E-state index in [1.54, 1.807) is 24.3 Å². The molecule has 0 saturated carbocycles. The van der Waals surface area contributed by atoms with Crippen molar-refractivity contribution in [3.63, 3.8) is 0 Å². The fourth-order valence-electron chi connectivity index (χ4n) is 2.76. The highest BCUT2D eigenvalue weighted by atomic mass is 35.5. The third-order valence-electron chi connectivity index (χ3n) is 3.90. The molecular formula is C17H10ClF3N6. The Kier molecular flexibility index (Phi) is 3.96. The normalized spacial score (nSPS) is 11.9. The fourth-order valence-corrected chi connectivity index (χ4v) is 2.97. The Bertz CT molecular complexity index is 1140. The first kappa shape index (κ1) is 17.2. The molecule has 0 spiro atoms. The number of nitrogens with two attached hydrogens (primary N) is 1. The number of nitrogens with zero attached hydrogens (tertiary/aromatic N) is 5. The third-order valence-corrected chi connectivity index (χ3v) is 4.10. The molecule has 27 heavy (non-hydrogen) atoms. The lowest BCUT2D eigenvalue weighted by molar-refractivity contribution is -0.141. The molecule has 3 heterocycles. The molecule has 1 aromatic carbocycles. The average Bonchev–Trinajstić information content (AvgIpc) is 3.11. The second-order valence-corrected chi connectivity index (χ2v) is 6.03. The van der Waals surface area contributed by atoms with E-state index >= 15 is 0 Å². The number of pyridine rings is 1. The van der Waals surface area contributed by atoms with E-state index in [9.17, 15) is 13.2 Å². The van der Waals surface area contributed by atoms with Gasteiger partial charge in [-0.2, -0.15) is 13.2 Å². The quantitative estimate of drug-likeness (QED) is 0.521. The number of halogens is 4. The topological polar surface area (TPSA) is 82.0 Å². The number of alkyl halides is 3. The fraction of sp³-hybridized carbons (Fsp3) is 0.0588. The van der Waals surface area contributed by atoms with Crippen LogP contribution in [0.2, 0.25) is 5.15 Å². The van der Waals surface area contributed by atoms with Gasteiger partial charge < -0.3 is 5.73 Å². The number of fused-ring (bicyclic) bond motifs is 1. The van der Waals surface area contributed by atoms with Gasteiger partial charge in [0.1, 0.15) is 17.2 Å². The highest BCUT2D eigenvalue weighted by Gasteiger charge is 2.34. The lowest BCUT2D eigenvalue weighted by atomic mass is 10.00. The van der Waals surface area contributed by atoms with Gasteiger partial charge in [-0.25, -0.2) is 9.97 Å². The highest BCUT2D eigenvalue weighted by molar-refractivity contribution is 6.29. The average molecular weight is 391 g/mol. The molecule has 0 radical (unpaired) electrons. The molecule has 4 rings (SSSR count). The number of aromatic nitrogens is 5. The zero-order valence-electron chi connectivity index (χ0n) is 13.4. The summed E-state index contributed by atoms with van der Waals surface area (Å²) in [7, 11) is 0. The van der Waals surface area contributed by atoms with E-state index in [2.05, 4.69) is 20.2 Å². The van der Waals surface area contributed by atoms with Crippen molar-refractivity contribution >= 4 is 23.2 Å². The summed E-state index contributed by atoms with van der Waals surface area (Å²) in [6, 6.07) is 11.1. The molecule has 0 unspecified atom stereocenters. The number of anilines is 1. The van der Waals surface area contributed by atoms with E-state index in [0.29, 0.717) is 16.8 Å². The number of benzene rings is 1. The summed E-state index contributed by atoms with van der Waals surface area (Å²) >= 11 is 5.86. The number of nitrogen functional groups attached to an aromatic ring is 1. The Balaban J connectivity index is 2.09. The van der Waals surface area contributed by atoms with Gasteiger partial charge in [-0.1, -0.05) is 41.9 Å². The van der Waals surface area contributed by atoms with Gasteiger partial charge in [0.2, 0.25) is 5.95 Å². The minimum absolute atomic E-state index is 0.105. The monoisotopic (exact) mass is 390 g/mol. The van der Waals surface area contributed by atoms with Crippen LogP contribution in [0.25, 0.3) is 28.0 Å². The molecule has 0 aliphatic carbocycles. The van der Waals surface area contributed by atoms with Crippen molar-refractivity contribution < 1.29 is 13.2 Å². The molecule has 4 aromatic rings. The molecule has 3 aromatic heterocycles. The van der Waals surface area contributed by atoms with Crippen molar-refractivity contribution in [1.29, 1.82) is 0 Å². The molecule has 136 valence electrons. The summed E-state index contributed by atoms with van der Waals surface area (Å²) in [6.07, 6.45) is -3.32. The molecule has 6 nitrogen and oxygen atoms in total. The largest absolute Gasteiger partial charge is 0.433 e. The lowest BCUT2D eigenvalue weighted by Crippen LogP contribution is -2.09. The molecular weight excluding hydrogens is 381 g/mol. The van der Waals surface area contributed by atoms with Crippen LogP contribution >= 0.6 is 11.6 Å². The Labute approximate surface area is 155 Å². The molecule has 0 atom stereocenters. The van der Waals surface area contributed by atoms with Gasteiger partial charge in [0.05, 0.1) is 11.3 Å². The second-order valence-electron chi connectivity index (χ2n) is 5.65. The molecule has 2 N–H and O–H groups in total. The van der Waals surface area contributed by atoms with Crippen LogP contribution in [0.4, 0.5) is 19.1 Å². The second kappa shape index (κ2) is 6.20. The summed E-state index contributed by atoms with van der Waals surface area (Å²) in [6.45, 7) is 0. The summed E-state index contributed by atoms with van der Waals surface area (Å²) in [5, 5.41) is 7.51. The van der Waals surface area contributed by atoms with Crippen molar-refractivity contribution in [2.45, 2.75) is 6.18 Å². The van der Waals surface area contributed by atoms with E-state index in [0.717, 1.165) is 6.07 Å². The molecule has 0 saturated heterocycles. The standard InChI is InChI=1S/C17H10ClF3N6/c18-12-7-10(6-11(24-12)17(19,20)21)13-14(9-4-2-1-3-5-9)25-16(22)27-8-23-26-15(13)27/h1-8H,(H2,22,25). The smallest absolute Gasteiger partial charge is 0.369 e.